The van der Waals surface area contributed by atoms with E-state index in [1.54, 1.807) is 6.07 Å². The molecule has 1 aliphatic carbocycles. The minimum atomic E-state index is -3.43. The van der Waals surface area contributed by atoms with E-state index in [1.165, 1.54) is 12.1 Å². The normalized spacial score (nSPS) is 22.7. The van der Waals surface area contributed by atoms with Crippen molar-refractivity contribution in [2.45, 2.75) is 24.2 Å². The minimum Gasteiger partial charge on any atom is -0.478 e. The van der Waals surface area contributed by atoms with Gasteiger partial charge in [-0.2, -0.15) is 0 Å². The van der Waals surface area contributed by atoms with E-state index >= 15 is 0 Å². The van der Waals surface area contributed by atoms with E-state index in [0.29, 0.717) is 12.2 Å². The van der Waals surface area contributed by atoms with E-state index in [1.807, 2.05) is 0 Å². The summed E-state index contributed by atoms with van der Waals surface area (Å²) in [6, 6.07) is 4.24. The number of anilines is 1. The van der Waals surface area contributed by atoms with Crippen molar-refractivity contribution in [3.63, 3.8) is 0 Å². The van der Waals surface area contributed by atoms with Crippen molar-refractivity contribution in [3.05, 3.63) is 23.8 Å². The molecule has 102 valence electrons. The zero-order chi connectivity index (χ0) is 13.7. The Kier molecular flexibility index (Phi) is 2.60. The van der Waals surface area contributed by atoms with Crippen LogP contribution >= 0.6 is 0 Å². The van der Waals surface area contributed by atoms with Crippen molar-refractivity contribution in [1.29, 1.82) is 0 Å². The van der Waals surface area contributed by atoms with Gasteiger partial charge in [0.05, 0.1) is 21.9 Å². The van der Waals surface area contributed by atoms with Gasteiger partial charge >= 0.3 is 5.97 Å². The summed E-state index contributed by atoms with van der Waals surface area (Å²) in [5.41, 5.74) is 0.365. The monoisotopic (exact) mass is 281 g/mol. The summed E-state index contributed by atoms with van der Waals surface area (Å²) < 4.78 is 24.9. The Labute approximate surface area is 111 Å². The Morgan fingerprint density at radius 2 is 2.05 bits per heavy atom. The summed E-state index contributed by atoms with van der Waals surface area (Å²) in [6.45, 7) is 0.644. The molecule has 1 aromatic rings. The van der Waals surface area contributed by atoms with Crippen molar-refractivity contribution in [1.82, 2.24) is 0 Å². The summed E-state index contributed by atoms with van der Waals surface area (Å²) >= 11 is 0. The van der Waals surface area contributed by atoms with E-state index < -0.39 is 15.8 Å². The van der Waals surface area contributed by atoms with Gasteiger partial charge in [0.25, 0.3) is 0 Å². The van der Waals surface area contributed by atoms with E-state index in [4.69, 9.17) is 5.11 Å². The molecule has 1 spiro atoms. The zero-order valence-corrected chi connectivity index (χ0v) is 11.2. The van der Waals surface area contributed by atoms with Crippen LogP contribution in [0.25, 0.3) is 0 Å². The van der Waals surface area contributed by atoms with Crippen LogP contribution in [0, 0.1) is 5.41 Å². The highest BCUT2D eigenvalue weighted by Crippen LogP contribution is 2.45. The highest BCUT2D eigenvalue weighted by Gasteiger charge is 2.43. The second-order valence-electron chi connectivity index (χ2n) is 5.48. The van der Waals surface area contributed by atoms with Gasteiger partial charge in [0, 0.05) is 12.0 Å². The Bertz CT molecular complexity index is 647. The first-order chi connectivity index (χ1) is 8.92. The predicted octanol–water partition coefficient (Wildman–Crippen LogP) is 1.75. The molecule has 2 N–H and O–H groups in total. The van der Waals surface area contributed by atoms with Gasteiger partial charge in [-0.05, 0) is 31.0 Å². The van der Waals surface area contributed by atoms with Gasteiger partial charge in [0.1, 0.15) is 0 Å². The Morgan fingerprint density at radius 3 is 2.63 bits per heavy atom. The molecule has 0 aromatic heterocycles. The maximum Gasteiger partial charge on any atom is 0.335 e. The van der Waals surface area contributed by atoms with Crippen LogP contribution in [0.4, 0.5) is 5.69 Å². The van der Waals surface area contributed by atoms with Gasteiger partial charge < -0.3 is 10.4 Å². The van der Waals surface area contributed by atoms with Gasteiger partial charge in [-0.1, -0.05) is 6.42 Å². The largest absolute Gasteiger partial charge is 0.478 e. The van der Waals surface area contributed by atoms with E-state index in [0.717, 1.165) is 19.3 Å². The van der Waals surface area contributed by atoms with E-state index in [-0.39, 0.29) is 21.6 Å². The molecule has 0 saturated heterocycles. The van der Waals surface area contributed by atoms with Crippen LogP contribution in [-0.2, 0) is 9.84 Å². The minimum absolute atomic E-state index is 0.00804. The molecule has 0 unspecified atom stereocenters. The van der Waals surface area contributed by atoms with Gasteiger partial charge in [-0.25, -0.2) is 13.2 Å². The fraction of sp³-hybridized carbons (Fsp3) is 0.462. The molecule has 2 aliphatic rings. The summed E-state index contributed by atoms with van der Waals surface area (Å²) in [5.74, 6) is -0.996. The summed E-state index contributed by atoms with van der Waals surface area (Å²) in [4.78, 5) is 11.1. The molecule has 1 saturated carbocycles. The molecule has 0 radical (unpaired) electrons. The highest BCUT2D eigenvalue weighted by atomic mass is 32.2. The lowest BCUT2D eigenvalue weighted by atomic mass is 9.70. The zero-order valence-electron chi connectivity index (χ0n) is 10.3. The highest BCUT2D eigenvalue weighted by molar-refractivity contribution is 7.91. The van der Waals surface area contributed by atoms with Crippen molar-refractivity contribution in [2.75, 3.05) is 17.6 Å². The quantitative estimate of drug-likeness (QED) is 0.819. The van der Waals surface area contributed by atoms with Crippen molar-refractivity contribution >= 4 is 21.5 Å². The van der Waals surface area contributed by atoms with Crippen LogP contribution in [-0.4, -0.2) is 31.8 Å². The number of fused-ring (bicyclic) bond motifs is 1. The van der Waals surface area contributed by atoms with Crippen LogP contribution in [0.5, 0.6) is 0 Å². The third-order valence-electron chi connectivity index (χ3n) is 4.13. The summed E-state index contributed by atoms with van der Waals surface area (Å²) in [7, 11) is -3.43. The number of sulfone groups is 1. The lowest BCUT2D eigenvalue weighted by molar-refractivity contribution is 0.0696. The lowest BCUT2D eigenvalue weighted by Gasteiger charge is -2.40. The Hall–Kier alpha value is -1.56. The molecular weight excluding hydrogens is 266 g/mol. The molecule has 0 amide bonds. The van der Waals surface area contributed by atoms with E-state index in [9.17, 15) is 13.2 Å². The first kappa shape index (κ1) is 12.5. The molecule has 3 rings (SSSR count). The SMILES string of the molecule is O=C(O)c1ccc2c(c1)S(=O)(=O)CC1(CCC1)CN2. The molecule has 6 heteroatoms. The average Bonchev–Trinajstić information content (AvgIpc) is 2.43. The lowest BCUT2D eigenvalue weighted by Crippen LogP contribution is -2.40. The molecule has 0 bridgehead atoms. The molecule has 5 nitrogen and oxygen atoms in total. The molecular formula is C13H15NO4S. The van der Waals surface area contributed by atoms with Gasteiger partial charge in [-0.15, -0.1) is 0 Å². The first-order valence-electron chi connectivity index (χ1n) is 6.26. The molecule has 1 fully saturated rings. The number of carboxylic acids is 1. The third kappa shape index (κ3) is 2.00. The van der Waals surface area contributed by atoms with Crippen molar-refractivity contribution in [2.24, 2.45) is 5.41 Å². The first-order valence-corrected chi connectivity index (χ1v) is 7.91. The number of benzene rings is 1. The molecule has 1 aliphatic heterocycles. The van der Waals surface area contributed by atoms with Crippen LogP contribution < -0.4 is 5.32 Å². The van der Waals surface area contributed by atoms with Crippen molar-refractivity contribution in [3.8, 4) is 0 Å². The van der Waals surface area contributed by atoms with Crippen LogP contribution in [0.15, 0.2) is 23.1 Å². The standard InChI is InChI=1S/C13H15NO4S/c15-12(16)9-2-3-10-11(6-9)19(17,18)8-13(7-14-10)4-1-5-13/h2-3,6,14H,1,4-5,7-8H2,(H,15,16). The Morgan fingerprint density at radius 1 is 1.32 bits per heavy atom. The van der Waals surface area contributed by atoms with Gasteiger partial charge in [0.15, 0.2) is 9.84 Å². The van der Waals surface area contributed by atoms with Gasteiger partial charge in [-0.3, -0.25) is 0 Å². The number of carbonyl (C=O) groups is 1. The number of hydrogen-bond donors (Lipinski definition) is 2. The summed E-state index contributed by atoms with van der Waals surface area (Å²) in [5, 5.41) is 12.1. The predicted molar refractivity (Wildman–Crippen MR) is 70.2 cm³/mol. The van der Waals surface area contributed by atoms with Gasteiger partial charge in [0.2, 0.25) is 0 Å². The maximum absolute atomic E-state index is 12.4. The summed E-state index contributed by atoms with van der Waals surface area (Å²) in [6.07, 6.45) is 2.89. The van der Waals surface area contributed by atoms with Crippen molar-refractivity contribution < 1.29 is 18.3 Å². The molecule has 1 aromatic carbocycles. The Balaban J connectivity index is 2.09. The topological polar surface area (TPSA) is 83.5 Å². The second kappa shape index (κ2) is 3.96. The average molecular weight is 281 g/mol. The fourth-order valence-electron chi connectivity index (χ4n) is 2.87. The smallest absolute Gasteiger partial charge is 0.335 e. The number of hydrogen-bond acceptors (Lipinski definition) is 4. The molecule has 19 heavy (non-hydrogen) atoms. The second-order valence-corrected chi connectivity index (χ2v) is 7.44. The van der Waals surface area contributed by atoms with Crippen LogP contribution in [0.3, 0.4) is 0 Å². The van der Waals surface area contributed by atoms with Crippen LogP contribution in [0.1, 0.15) is 29.6 Å². The number of aromatic carboxylic acids is 1. The fourth-order valence-corrected chi connectivity index (χ4v) is 5.01. The number of rotatable bonds is 1. The maximum atomic E-state index is 12.4. The third-order valence-corrected chi connectivity index (χ3v) is 6.13. The molecule has 1 heterocycles. The van der Waals surface area contributed by atoms with Crippen LogP contribution in [0.2, 0.25) is 0 Å². The number of nitrogens with one attached hydrogen (secondary N) is 1. The molecule has 0 atom stereocenters. The number of carboxylic acid groups (broad SMARTS) is 1. The van der Waals surface area contributed by atoms with E-state index in [2.05, 4.69) is 5.32 Å².